The number of carboxylic acids is 1. The minimum absolute atomic E-state index is 0.0358. The molecule has 1 fully saturated rings. The van der Waals surface area contributed by atoms with Gasteiger partial charge >= 0.3 is 5.97 Å². The van der Waals surface area contributed by atoms with E-state index in [-0.39, 0.29) is 22.7 Å². The molecule has 2 N–H and O–H groups in total. The lowest BCUT2D eigenvalue weighted by molar-refractivity contribution is 0.0685. The first-order chi connectivity index (χ1) is 9.47. The number of aromatic carboxylic acids is 1. The molecule has 7 heteroatoms. The highest BCUT2D eigenvalue weighted by Gasteiger charge is 2.31. The van der Waals surface area contributed by atoms with Crippen LogP contribution >= 0.6 is 0 Å². The average molecular weight is 296 g/mol. The number of sulfonamides is 1. The predicted molar refractivity (Wildman–Crippen MR) is 72.1 cm³/mol. The van der Waals surface area contributed by atoms with Crippen LogP contribution in [-0.2, 0) is 10.0 Å². The van der Waals surface area contributed by atoms with Crippen LogP contribution in [0, 0.1) is 0 Å². The quantitative estimate of drug-likeness (QED) is 0.806. The zero-order valence-electron chi connectivity index (χ0n) is 10.8. The highest BCUT2D eigenvalue weighted by molar-refractivity contribution is 7.89. The van der Waals surface area contributed by atoms with Crippen molar-refractivity contribution in [2.45, 2.75) is 42.7 Å². The van der Waals surface area contributed by atoms with Crippen molar-refractivity contribution in [3.8, 4) is 0 Å². The second-order valence-corrected chi connectivity index (χ2v) is 6.98. The van der Waals surface area contributed by atoms with Crippen LogP contribution < -0.4 is 4.72 Å². The van der Waals surface area contributed by atoms with Crippen molar-refractivity contribution in [1.82, 2.24) is 9.29 Å². The molecule has 1 heterocycles. The van der Waals surface area contributed by atoms with Gasteiger partial charge in [0.2, 0.25) is 10.0 Å². The number of aromatic nitrogens is 1. The Bertz CT molecular complexity index is 663. The minimum atomic E-state index is -3.66. The van der Waals surface area contributed by atoms with Crippen LogP contribution in [-0.4, -0.2) is 30.1 Å². The van der Waals surface area contributed by atoms with Gasteiger partial charge in [0.05, 0.1) is 0 Å². The molecule has 0 aromatic carbocycles. The lowest BCUT2D eigenvalue weighted by atomic mass is 10.3. The SMILES string of the molecule is O=C(O)c1cc(S(=O)(=O)NC2CC=CC2)cn1C1CC1. The van der Waals surface area contributed by atoms with E-state index >= 15 is 0 Å². The number of nitrogens with one attached hydrogen (secondary N) is 1. The molecule has 0 spiro atoms. The smallest absolute Gasteiger partial charge is 0.352 e. The maximum absolute atomic E-state index is 12.3. The molecule has 0 aliphatic heterocycles. The van der Waals surface area contributed by atoms with Gasteiger partial charge in [0, 0.05) is 18.3 Å². The molecule has 2 aliphatic rings. The number of hydrogen-bond donors (Lipinski definition) is 2. The minimum Gasteiger partial charge on any atom is -0.477 e. The molecular formula is C13H16N2O4S. The number of nitrogens with zero attached hydrogens (tertiary/aromatic N) is 1. The van der Waals surface area contributed by atoms with Crippen LogP contribution in [0.5, 0.6) is 0 Å². The molecule has 0 unspecified atom stereocenters. The summed E-state index contributed by atoms with van der Waals surface area (Å²) in [6, 6.07) is 1.24. The van der Waals surface area contributed by atoms with Gasteiger partial charge in [-0.05, 0) is 31.7 Å². The summed E-state index contributed by atoms with van der Waals surface area (Å²) in [5.41, 5.74) is 0.0393. The largest absolute Gasteiger partial charge is 0.477 e. The first kappa shape index (κ1) is 13.4. The Labute approximate surface area is 117 Å². The summed E-state index contributed by atoms with van der Waals surface area (Å²) < 4.78 is 28.7. The first-order valence-electron chi connectivity index (χ1n) is 6.60. The molecule has 0 amide bonds. The normalized spacial score (nSPS) is 19.6. The van der Waals surface area contributed by atoms with Gasteiger partial charge in [-0.2, -0.15) is 0 Å². The summed E-state index contributed by atoms with van der Waals surface area (Å²) in [5, 5.41) is 9.16. The Balaban J connectivity index is 1.88. The van der Waals surface area contributed by atoms with Crippen molar-refractivity contribution in [1.29, 1.82) is 0 Å². The molecule has 6 nitrogen and oxygen atoms in total. The lowest BCUT2D eigenvalue weighted by Gasteiger charge is -2.11. The summed E-state index contributed by atoms with van der Waals surface area (Å²) in [6.45, 7) is 0. The lowest BCUT2D eigenvalue weighted by Crippen LogP contribution is -2.32. The topological polar surface area (TPSA) is 88.4 Å². The fourth-order valence-corrected chi connectivity index (χ4v) is 3.71. The van der Waals surface area contributed by atoms with E-state index in [1.807, 2.05) is 12.2 Å². The molecule has 0 bridgehead atoms. The average Bonchev–Trinajstić information content (AvgIpc) is 2.90. The van der Waals surface area contributed by atoms with Crippen molar-refractivity contribution >= 4 is 16.0 Å². The Morgan fingerprint density at radius 2 is 1.95 bits per heavy atom. The molecule has 0 radical (unpaired) electrons. The fraction of sp³-hybridized carbons (Fsp3) is 0.462. The summed E-state index contributed by atoms with van der Waals surface area (Å²) in [6.07, 6.45) is 8.45. The Hall–Kier alpha value is -1.60. The molecule has 0 atom stereocenters. The first-order valence-corrected chi connectivity index (χ1v) is 8.08. The van der Waals surface area contributed by atoms with E-state index in [1.165, 1.54) is 12.3 Å². The van der Waals surface area contributed by atoms with E-state index in [0.29, 0.717) is 12.8 Å². The number of rotatable bonds is 5. The van der Waals surface area contributed by atoms with Crippen molar-refractivity contribution in [2.75, 3.05) is 0 Å². The molecule has 3 rings (SSSR count). The molecule has 1 saturated carbocycles. The Morgan fingerprint density at radius 3 is 2.50 bits per heavy atom. The van der Waals surface area contributed by atoms with Crippen LogP contribution in [0.25, 0.3) is 0 Å². The molecule has 1 aromatic heterocycles. The fourth-order valence-electron chi connectivity index (χ4n) is 2.43. The summed E-state index contributed by atoms with van der Waals surface area (Å²) in [7, 11) is -3.66. The van der Waals surface area contributed by atoms with Gasteiger partial charge in [0.15, 0.2) is 0 Å². The van der Waals surface area contributed by atoms with Gasteiger partial charge in [0.25, 0.3) is 0 Å². The van der Waals surface area contributed by atoms with Crippen molar-refractivity contribution < 1.29 is 18.3 Å². The van der Waals surface area contributed by atoms with Gasteiger partial charge in [-0.25, -0.2) is 17.9 Å². The van der Waals surface area contributed by atoms with E-state index in [1.54, 1.807) is 4.57 Å². The summed E-state index contributed by atoms with van der Waals surface area (Å²) >= 11 is 0. The molecule has 20 heavy (non-hydrogen) atoms. The number of carboxylic acid groups (broad SMARTS) is 1. The van der Waals surface area contributed by atoms with Crippen molar-refractivity contribution in [3.05, 3.63) is 30.1 Å². The third kappa shape index (κ3) is 2.51. The summed E-state index contributed by atoms with van der Waals surface area (Å²) in [5.74, 6) is -1.10. The van der Waals surface area contributed by atoms with Gasteiger partial charge in [-0.15, -0.1) is 0 Å². The van der Waals surface area contributed by atoms with Crippen LogP contribution in [0.3, 0.4) is 0 Å². The molecule has 0 saturated heterocycles. The Kier molecular flexibility index (Phi) is 3.18. The zero-order chi connectivity index (χ0) is 14.3. The van der Waals surface area contributed by atoms with Gasteiger partial charge in [0.1, 0.15) is 10.6 Å². The van der Waals surface area contributed by atoms with Crippen LogP contribution in [0.1, 0.15) is 42.2 Å². The number of hydrogen-bond acceptors (Lipinski definition) is 3. The third-order valence-electron chi connectivity index (χ3n) is 3.62. The van der Waals surface area contributed by atoms with E-state index in [9.17, 15) is 13.2 Å². The van der Waals surface area contributed by atoms with Gasteiger partial charge < -0.3 is 9.67 Å². The highest BCUT2D eigenvalue weighted by Crippen LogP contribution is 2.37. The third-order valence-corrected chi connectivity index (χ3v) is 5.11. The monoisotopic (exact) mass is 296 g/mol. The second-order valence-electron chi connectivity index (χ2n) is 5.27. The predicted octanol–water partition coefficient (Wildman–Crippen LogP) is 1.52. The second kappa shape index (κ2) is 4.75. The van der Waals surface area contributed by atoms with Gasteiger partial charge in [-0.1, -0.05) is 12.2 Å². The molecule has 2 aliphatic carbocycles. The van der Waals surface area contributed by atoms with Crippen LogP contribution in [0.15, 0.2) is 29.3 Å². The van der Waals surface area contributed by atoms with E-state index in [0.717, 1.165) is 12.8 Å². The van der Waals surface area contributed by atoms with Crippen molar-refractivity contribution in [3.63, 3.8) is 0 Å². The van der Waals surface area contributed by atoms with Gasteiger partial charge in [-0.3, -0.25) is 0 Å². The van der Waals surface area contributed by atoms with Crippen LogP contribution in [0.4, 0.5) is 0 Å². The molecule has 1 aromatic rings. The molecule has 108 valence electrons. The Morgan fingerprint density at radius 1 is 1.30 bits per heavy atom. The van der Waals surface area contributed by atoms with E-state index in [2.05, 4.69) is 4.72 Å². The number of carbonyl (C=O) groups is 1. The standard InChI is InChI=1S/C13H16N2O4S/c16-13(17)12-7-11(8-15(12)10-5-6-10)20(18,19)14-9-3-1-2-4-9/h1-2,7-10,14H,3-6H2,(H,16,17). The zero-order valence-corrected chi connectivity index (χ0v) is 11.6. The summed E-state index contributed by atoms with van der Waals surface area (Å²) in [4.78, 5) is 11.2. The highest BCUT2D eigenvalue weighted by atomic mass is 32.2. The maximum atomic E-state index is 12.3. The molecular weight excluding hydrogens is 280 g/mol. The van der Waals surface area contributed by atoms with E-state index in [4.69, 9.17) is 5.11 Å². The van der Waals surface area contributed by atoms with E-state index < -0.39 is 16.0 Å². The maximum Gasteiger partial charge on any atom is 0.352 e. The van der Waals surface area contributed by atoms with Crippen molar-refractivity contribution in [2.24, 2.45) is 0 Å². The van der Waals surface area contributed by atoms with Crippen LogP contribution in [0.2, 0.25) is 0 Å².